The maximum atomic E-state index is 12.6. The number of carbonyl (C=O) groups excluding carboxylic acids is 1. The number of hydrogen-bond acceptors (Lipinski definition) is 2. The van der Waals surface area contributed by atoms with Crippen molar-refractivity contribution in [2.75, 3.05) is 0 Å². The molecule has 4 nitrogen and oxygen atoms in total. The Morgan fingerprint density at radius 2 is 2.13 bits per heavy atom. The molecule has 2 aliphatic carbocycles. The molecule has 23 heavy (non-hydrogen) atoms. The van der Waals surface area contributed by atoms with Crippen molar-refractivity contribution in [3.05, 3.63) is 34.3 Å². The molecule has 5 heteroatoms. The monoisotopic (exact) mass is 379 g/mol. The number of nitrogens with one attached hydrogen (secondary N) is 1. The van der Waals surface area contributed by atoms with Gasteiger partial charge >= 0.3 is 5.97 Å². The number of halogens is 1. The maximum absolute atomic E-state index is 12.6. The van der Waals surface area contributed by atoms with Gasteiger partial charge in [0.2, 0.25) is 5.91 Å². The molecular weight excluding hydrogens is 358 g/mol. The number of hydrogen-bond donors (Lipinski definition) is 2. The zero-order chi connectivity index (χ0) is 16.6. The summed E-state index contributed by atoms with van der Waals surface area (Å²) in [5.74, 6) is -1.05. The third-order valence-electron chi connectivity index (χ3n) is 5.32. The van der Waals surface area contributed by atoms with Crippen molar-refractivity contribution < 1.29 is 14.7 Å². The largest absolute Gasteiger partial charge is 0.481 e. The first-order valence-corrected chi connectivity index (χ1v) is 9.00. The van der Waals surface area contributed by atoms with Gasteiger partial charge in [0.25, 0.3) is 0 Å². The fourth-order valence-corrected chi connectivity index (χ4v) is 4.26. The smallest absolute Gasteiger partial charge is 0.308 e. The first-order chi connectivity index (χ1) is 10.9. The molecule has 1 aromatic rings. The van der Waals surface area contributed by atoms with E-state index in [1.165, 1.54) is 5.56 Å². The minimum absolute atomic E-state index is 0.00521. The van der Waals surface area contributed by atoms with E-state index in [2.05, 4.69) is 27.3 Å². The van der Waals surface area contributed by atoms with Crippen molar-refractivity contribution >= 4 is 27.8 Å². The van der Waals surface area contributed by atoms with Crippen molar-refractivity contribution in [1.82, 2.24) is 5.32 Å². The van der Waals surface area contributed by atoms with E-state index in [1.807, 2.05) is 25.1 Å². The maximum Gasteiger partial charge on any atom is 0.308 e. The Hall–Kier alpha value is -1.36. The lowest BCUT2D eigenvalue weighted by atomic mass is 9.73. The van der Waals surface area contributed by atoms with Gasteiger partial charge in [-0.05, 0) is 49.8 Å². The highest BCUT2D eigenvalue weighted by atomic mass is 79.9. The van der Waals surface area contributed by atoms with Gasteiger partial charge in [-0.3, -0.25) is 9.59 Å². The molecule has 0 aliphatic heterocycles. The lowest BCUT2D eigenvalue weighted by molar-refractivity contribution is -0.146. The predicted octanol–water partition coefficient (Wildman–Crippen LogP) is 3.70. The van der Waals surface area contributed by atoms with E-state index in [0.717, 1.165) is 30.2 Å². The molecule has 0 radical (unpaired) electrons. The lowest BCUT2D eigenvalue weighted by Gasteiger charge is -2.40. The van der Waals surface area contributed by atoms with E-state index >= 15 is 0 Å². The average molecular weight is 380 g/mol. The van der Waals surface area contributed by atoms with Crippen LogP contribution in [0.2, 0.25) is 0 Å². The zero-order valence-corrected chi connectivity index (χ0v) is 14.8. The van der Waals surface area contributed by atoms with Crippen molar-refractivity contribution in [3.8, 4) is 0 Å². The molecule has 124 valence electrons. The van der Waals surface area contributed by atoms with Crippen LogP contribution in [-0.4, -0.2) is 22.5 Å². The lowest BCUT2D eigenvalue weighted by Crippen LogP contribution is -2.55. The van der Waals surface area contributed by atoms with Crippen molar-refractivity contribution in [2.45, 2.75) is 50.5 Å². The van der Waals surface area contributed by atoms with Crippen LogP contribution in [-0.2, 0) is 9.59 Å². The van der Waals surface area contributed by atoms with Gasteiger partial charge < -0.3 is 10.4 Å². The van der Waals surface area contributed by atoms with Crippen LogP contribution in [0, 0.1) is 11.8 Å². The van der Waals surface area contributed by atoms with Gasteiger partial charge in [0.15, 0.2) is 0 Å². The molecule has 0 aromatic heterocycles. The van der Waals surface area contributed by atoms with Gasteiger partial charge in [-0.1, -0.05) is 40.9 Å². The summed E-state index contributed by atoms with van der Waals surface area (Å²) >= 11 is 3.46. The molecule has 2 aliphatic rings. The quantitative estimate of drug-likeness (QED) is 0.837. The Bertz CT molecular complexity index is 632. The fraction of sp³-hybridized carbons (Fsp3) is 0.556. The van der Waals surface area contributed by atoms with Crippen molar-refractivity contribution in [1.29, 1.82) is 0 Å². The molecule has 4 unspecified atom stereocenters. The van der Waals surface area contributed by atoms with Gasteiger partial charge in [0.05, 0.1) is 11.5 Å². The molecule has 0 saturated heterocycles. The Labute approximate surface area is 144 Å². The summed E-state index contributed by atoms with van der Waals surface area (Å²) in [5, 5.41) is 12.5. The fourth-order valence-electron chi connectivity index (χ4n) is 3.84. The van der Waals surface area contributed by atoms with Crippen LogP contribution >= 0.6 is 15.9 Å². The van der Waals surface area contributed by atoms with E-state index in [9.17, 15) is 14.7 Å². The highest BCUT2D eigenvalue weighted by molar-refractivity contribution is 9.10. The van der Waals surface area contributed by atoms with Crippen LogP contribution in [0.4, 0.5) is 0 Å². The Kier molecular flexibility index (Phi) is 4.50. The number of rotatable bonds is 4. The Morgan fingerprint density at radius 1 is 1.35 bits per heavy atom. The van der Waals surface area contributed by atoms with E-state index in [0.29, 0.717) is 6.42 Å². The molecule has 4 atom stereocenters. The molecule has 0 spiro atoms. The topological polar surface area (TPSA) is 66.4 Å². The van der Waals surface area contributed by atoms with Crippen LogP contribution in [0.25, 0.3) is 0 Å². The van der Waals surface area contributed by atoms with Crippen LogP contribution in [0.3, 0.4) is 0 Å². The number of benzene rings is 1. The summed E-state index contributed by atoms with van der Waals surface area (Å²) in [4.78, 5) is 24.1. The van der Waals surface area contributed by atoms with E-state index in [-0.39, 0.29) is 17.7 Å². The second-order valence-corrected chi connectivity index (χ2v) is 7.96. The minimum atomic E-state index is -0.799. The second-order valence-electron chi connectivity index (χ2n) is 7.05. The van der Waals surface area contributed by atoms with Crippen molar-refractivity contribution in [3.63, 3.8) is 0 Å². The molecule has 1 amide bonds. The van der Waals surface area contributed by atoms with Crippen molar-refractivity contribution in [2.24, 2.45) is 11.8 Å². The Morgan fingerprint density at radius 3 is 2.83 bits per heavy atom. The average Bonchev–Trinajstić information content (AvgIpc) is 3.27. The second kappa shape index (κ2) is 6.27. The number of carboxylic acid groups (broad SMARTS) is 1. The summed E-state index contributed by atoms with van der Waals surface area (Å²) in [7, 11) is 0. The molecule has 2 saturated carbocycles. The van der Waals surface area contributed by atoms with Crippen LogP contribution in [0.5, 0.6) is 0 Å². The summed E-state index contributed by atoms with van der Waals surface area (Å²) in [6.07, 6.45) is 4.12. The Balaban J connectivity index is 1.66. The SMILES string of the molecule is CC1(NC(=O)C2CC2c2cccc(Br)c2)CCCCC1C(=O)O. The summed E-state index contributed by atoms with van der Waals surface area (Å²) in [5.41, 5.74) is 0.550. The van der Waals surface area contributed by atoms with E-state index in [1.54, 1.807) is 0 Å². The third kappa shape index (κ3) is 3.44. The summed E-state index contributed by atoms with van der Waals surface area (Å²) in [6, 6.07) is 8.06. The van der Waals surface area contributed by atoms with Crippen LogP contribution in [0.1, 0.15) is 50.5 Å². The van der Waals surface area contributed by atoms with Crippen LogP contribution < -0.4 is 5.32 Å². The molecule has 2 N–H and O–H groups in total. The predicted molar refractivity (Wildman–Crippen MR) is 91.1 cm³/mol. The first kappa shape index (κ1) is 16.5. The number of amides is 1. The highest BCUT2D eigenvalue weighted by Crippen LogP contribution is 2.48. The molecule has 0 bridgehead atoms. The van der Waals surface area contributed by atoms with Gasteiger partial charge in [0, 0.05) is 10.4 Å². The van der Waals surface area contributed by atoms with Gasteiger partial charge in [-0.25, -0.2) is 0 Å². The third-order valence-corrected chi connectivity index (χ3v) is 5.81. The minimum Gasteiger partial charge on any atom is -0.481 e. The summed E-state index contributed by atoms with van der Waals surface area (Å²) < 4.78 is 1.02. The van der Waals surface area contributed by atoms with E-state index in [4.69, 9.17) is 0 Å². The highest BCUT2D eigenvalue weighted by Gasteiger charge is 2.48. The molecular formula is C18H22BrNO3. The molecule has 2 fully saturated rings. The normalized spacial score (nSPS) is 33.0. The number of carbonyl (C=O) groups is 2. The molecule has 3 rings (SSSR count). The van der Waals surface area contributed by atoms with Gasteiger partial charge in [-0.15, -0.1) is 0 Å². The van der Waals surface area contributed by atoms with Gasteiger partial charge in [-0.2, -0.15) is 0 Å². The van der Waals surface area contributed by atoms with E-state index < -0.39 is 17.4 Å². The number of carboxylic acids is 1. The van der Waals surface area contributed by atoms with Gasteiger partial charge in [0.1, 0.15) is 0 Å². The number of aliphatic carboxylic acids is 1. The first-order valence-electron chi connectivity index (χ1n) is 8.21. The summed E-state index contributed by atoms with van der Waals surface area (Å²) in [6.45, 7) is 1.89. The zero-order valence-electron chi connectivity index (χ0n) is 13.2. The standard InChI is InChI=1S/C18H22BrNO3/c1-18(8-3-2-7-15(18)17(22)23)20-16(21)14-10-13(14)11-5-4-6-12(19)9-11/h4-6,9,13-15H,2-3,7-8,10H2,1H3,(H,20,21)(H,22,23). The van der Waals surface area contributed by atoms with Crippen LogP contribution in [0.15, 0.2) is 28.7 Å². The molecule has 0 heterocycles. The molecule has 1 aromatic carbocycles.